The third-order valence-electron chi connectivity index (χ3n) is 5.25. The Labute approximate surface area is 160 Å². The van der Waals surface area contributed by atoms with E-state index < -0.39 is 17.5 Å². The summed E-state index contributed by atoms with van der Waals surface area (Å²) in [6.45, 7) is 3.03. The number of carbonyl (C=O) groups excluding carboxylic acids is 1. The molecular weight excluding hydrogens is 367 g/mol. The normalized spacial score (nSPS) is 17.3. The van der Waals surface area contributed by atoms with Crippen LogP contribution in [-0.2, 0) is 11.2 Å². The molecule has 0 saturated carbocycles. The Morgan fingerprint density at radius 1 is 1.18 bits per heavy atom. The lowest BCUT2D eigenvalue weighted by molar-refractivity contribution is -0.131. The van der Waals surface area contributed by atoms with Crippen molar-refractivity contribution in [3.8, 4) is 0 Å². The molecule has 1 saturated heterocycles. The highest BCUT2D eigenvalue weighted by atomic mass is 19.2. The zero-order chi connectivity index (χ0) is 19.8. The monoisotopic (exact) mass is 387 g/mol. The maximum atomic E-state index is 13.9. The smallest absolute Gasteiger partial charge is 0.227 e. The summed E-state index contributed by atoms with van der Waals surface area (Å²) in [5.74, 6) is -2.74. The van der Waals surface area contributed by atoms with Gasteiger partial charge in [0.1, 0.15) is 11.6 Å². The summed E-state index contributed by atoms with van der Waals surface area (Å²) in [5, 5.41) is 0. The van der Waals surface area contributed by atoms with Crippen LogP contribution in [0.25, 0.3) is 11.0 Å². The van der Waals surface area contributed by atoms with Gasteiger partial charge in [-0.2, -0.15) is 0 Å². The van der Waals surface area contributed by atoms with Crippen molar-refractivity contribution in [2.24, 2.45) is 0 Å². The molecule has 7 heteroatoms. The van der Waals surface area contributed by atoms with E-state index in [4.69, 9.17) is 0 Å². The molecule has 0 aliphatic carbocycles. The lowest BCUT2D eigenvalue weighted by Crippen LogP contribution is -2.40. The second-order valence-corrected chi connectivity index (χ2v) is 7.36. The molecular formula is C21H20F3N3O. The number of likely N-dealkylation sites (tertiary alicyclic amines) is 1. The third kappa shape index (κ3) is 3.61. The van der Waals surface area contributed by atoms with E-state index in [1.165, 1.54) is 0 Å². The second-order valence-electron chi connectivity index (χ2n) is 7.36. The first-order chi connectivity index (χ1) is 13.4. The summed E-state index contributed by atoms with van der Waals surface area (Å²) >= 11 is 0. The van der Waals surface area contributed by atoms with Gasteiger partial charge in [0.15, 0.2) is 11.6 Å². The van der Waals surface area contributed by atoms with Crippen LogP contribution in [0, 0.1) is 24.4 Å². The fourth-order valence-corrected chi connectivity index (χ4v) is 3.74. The molecule has 3 aromatic rings. The number of aromatic amines is 1. The Morgan fingerprint density at radius 2 is 1.96 bits per heavy atom. The molecule has 2 heterocycles. The topological polar surface area (TPSA) is 49.0 Å². The highest BCUT2D eigenvalue weighted by Gasteiger charge is 2.27. The van der Waals surface area contributed by atoms with Crippen LogP contribution < -0.4 is 0 Å². The third-order valence-corrected chi connectivity index (χ3v) is 5.25. The van der Waals surface area contributed by atoms with Crippen molar-refractivity contribution in [2.75, 3.05) is 13.1 Å². The summed E-state index contributed by atoms with van der Waals surface area (Å²) in [5.41, 5.74) is 2.84. The summed E-state index contributed by atoms with van der Waals surface area (Å²) in [4.78, 5) is 22.3. The number of rotatable bonds is 3. The number of carbonyl (C=O) groups is 1. The van der Waals surface area contributed by atoms with Crippen molar-refractivity contribution in [1.82, 2.24) is 14.9 Å². The Morgan fingerprint density at radius 3 is 2.79 bits per heavy atom. The van der Waals surface area contributed by atoms with Gasteiger partial charge in [0, 0.05) is 30.6 Å². The number of hydrogen-bond acceptors (Lipinski definition) is 2. The standard InChI is InChI=1S/C21H20F3N3O/c1-12-4-5-18-19(7-12)26-21(25-18)13-3-2-6-27(11-13)20(28)9-14-8-16(23)17(24)10-15(14)22/h4-5,7-8,10,13H,2-3,6,9,11H2,1H3,(H,25,26)/t13-/m1/s1. The summed E-state index contributed by atoms with van der Waals surface area (Å²) in [6, 6.07) is 7.23. The lowest BCUT2D eigenvalue weighted by atomic mass is 9.96. The van der Waals surface area contributed by atoms with Crippen molar-refractivity contribution >= 4 is 16.9 Å². The molecule has 1 N–H and O–H groups in total. The molecule has 0 spiro atoms. The lowest BCUT2D eigenvalue weighted by Gasteiger charge is -2.32. The second kappa shape index (κ2) is 7.30. The van der Waals surface area contributed by atoms with Crippen LogP contribution in [-0.4, -0.2) is 33.9 Å². The maximum absolute atomic E-state index is 13.9. The number of nitrogens with zero attached hydrogens (tertiary/aromatic N) is 2. The van der Waals surface area contributed by atoms with E-state index in [-0.39, 0.29) is 23.8 Å². The van der Waals surface area contributed by atoms with E-state index in [1.54, 1.807) is 4.90 Å². The number of piperidine rings is 1. The van der Waals surface area contributed by atoms with E-state index in [1.807, 2.05) is 25.1 Å². The van der Waals surface area contributed by atoms with Gasteiger partial charge in [-0.05, 0) is 43.5 Å². The number of amides is 1. The summed E-state index contributed by atoms with van der Waals surface area (Å²) < 4.78 is 40.3. The van der Waals surface area contributed by atoms with Crippen molar-refractivity contribution in [2.45, 2.75) is 32.1 Å². The van der Waals surface area contributed by atoms with Gasteiger partial charge in [0.25, 0.3) is 0 Å². The molecule has 1 aliphatic rings. The van der Waals surface area contributed by atoms with Crippen LogP contribution in [0.2, 0.25) is 0 Å². The quantitative estimate of drug-likeness (QED) is 0.684. The Kier molecular flexibility index (Phi) is 4.83. The number of aryl methyl sites for hydroxylation is 1. The first kappa shape index (κ1) is 18.5. The number of fused-ring (bicyclic) bond motifs is 1. The van der Waals surface area contributed by atoms with Gasteiger partial charge in [-0.3, -0.25) is 4.79 Å². The summed E-state index contributed by atoms with van der Waals surface area (Å²) in [7, 11) is 0. The van der Waals surface area contributed by atoms with Crippen molar-refractivity contribution < 1.29 is 18.0 Å². The number of H-pyrrole nitrogens is 1. The Balaban J connectivity index is 1.50. The molecule has 28 heavy (non-hydrogen) atoms. The first-order valence-corrected chi connectivity index (χ1v) is 9.28. The first-order valence-electron chi connectivity index (χ1n) is 9.28. The molecule has 4 rings (SSSR count). The largest absolute Gasteiger partial charge is 0.342 e. The Bertz CT molecular complexity index is 1050. The highest BCUT2D eigenvalue weighted by Crippen LogP contribution is 2.27. The zero-order valence-electron chi connectivity index (χ0n) is 15.4. The van der Waals surface area contributed by atoms with E-state index >= 15 is 0 Å². The number of nitrogens with one attached hydrogen (secondary N) is 1. The van der Waals surface area contributed by atoms with Crippen LogP contribution in [0.15, 0.2) is 30.3 Å². The van der Waals surface area contributed by atoms with Crippen LogP contribution in [0.1, 0.15) is 35.7 Å². The average molecular weight is 387 g/mol. The molecule has 0 bridgehead atoms. The zero-order valence-corrected chi connectivity index (χ0v) is 15.4. The van der Waals surface area contributed by atoms with Crippen LogP contribution in [0.3, 0.4) is 0 Å². The number of hydrogen-bond donors (Lipinski definition) is 1. The molecule has 1 fully saturated rings. The summed E-state index contributed by atoms with van der Waals surface area (Å²) in [6.07, 6.45) is 1.39. The van der Waals surface area contributed by atoms with Crippen LogP contribution >= 0.6 is 0 Å². The molecule has 146 valence electrons. The molecule has 1 aliphatic heterocycles. The van der Waals surface area contributed by atoms with Crippen LogP contribution in [0.5, 0.6) is 0 Å². The van der Waals surface area contributed by atoms with E-state index in [2.05, 4.69) is 9.97 Å². The number of halogens is 3. The maximum Gasteiger partial charge on any atom is 0.227 e. The minimum Gasteiger partial charge on any atom is -0.342 e. The minimum absolute atomic E-state index is 0.0557. The Hall–Kier alpha value is -2.83. The van der Waals surface area contributed by atoms with E-state index in [0.717, 1.165) is 41.3 Å². The molecule has 0 radical (unpaired) electrons. The fourth-order valence-electron chi connectivity index (χ4n) is 3.74. The molecule has 0 unspecified atom stereocenters. The van der Waals surface area contributed by atoms with Gasteiger partial charge >= 0.3 is 0 Å². The molecule has 1 aromatic heterocycles. The fraction of sp³-hybridized carbons (Fsp3) is 0.333. The molecule has 1 atom stereocenters. The predicted molar refractivity (Wildman–Crippen MR) is 99.4 cm³/mol. The van der Waals surface area contributed by atoms with Crippen molar-refractivity contribution in [3.05, 3.63) is 64.7 Å². The minimum atomic E-state index is -1.26. The van der Waals surface area contributed by atoms with Gasteiger partial charge in [-0.25, -0.2) is 18.2 Å². The number of aromatic nitrogens is 2. The number of benzene rings is 2. The van der Waals surface area contributed by atoms with Gasteiger partial charge in [-0.15, -0.1) is 0 Å². The SMILES string of the molecule is Cc1ccc2nc([C@@H]3CCCN(C(=O)Cc4cc(F)c(F)cc4F)C3)[nH]c2c1. The van der Waals surface area contributed by atoms with E-state index in [9.17, 15) is 18.0 Å². The van der Waals surface area contributed by atoms with Crippen molar-refractivity contribution in [3.63, 3.8) is 0 Å². The highest BCUT2D eigenvalue weighted by molar-refractivity contribution is 5.79. The van der Waals surface area contributed by atoms with Crippen LogP contribution in [0.4, 0.5) is 13.2 Å². The average Bonchev–Trinajstić information content (AvgIpc) is 3.09. The van der Waals surface area contributed by atoms with Gasteiger partial charge in [0.2, 0.25) is 5.91 Å². The number of imidazole rings is 1. The van der Waals surface area contributed by atoms with Crippen molar-refractivity contribution in [1.29, 1.82) is 0 Å². The molecule has 1 amide bonds. The van der Waals surface area contributed by atoms with Gasteiger partial charge in [0.05, 0.1) is 17.5 Å². The molecule has 2 aromatic carbocycles. The molecule has 4 nitrogen and oxygen atoms in total. The van der Waals surface area contributed by atoms with Gasteiger partial charge in [-0.1, -0.05) is 6.07 Å². The van der Waals surface area contributed by atoms with Gasteiger partial charge < -0.3 is 9.88 Å². The van der Waals surface area contributed by atoms with E-state index in [0.29, 0.717) is 19.2 Å². The predicted octanol–water partition coefficient (Wildman–Crippen LogP) is 4.24.